The fraction of sp³-hybridized carbons (Fsp3) is 0.379. The van der Waals surface area contributed by atoms with E-state index < -0.39 is 24.1 Å². The highest BCUT2D eigenvalue weighted by atomic mass is 16.7. The van der Waals surface area contributed by atoms with Gasteiger partial charge in [-0.1, -0.05) is 60.7 Å². The summed E-state index contributed by atoms with van der Waals surface area (Å²) in [5.41, 5.74) is 3.08. The first kappa shape index (κ1) is 25.8. The summed E-state index contributed by atoms with van der Waals surface area (Å²) >= 11 is 0. The molecule has 9 nitrogen and oxygen atoms in total. The summed E-state index contributed by atoms with van der Waals surface area (Å²) in [4.78, 5) is 47.2. The van der Waals surface area contributed by atoms with Gasteiger partial charge in [0.2, 0.25) is 12.2 Å². The number of cyclic esters (lactones) is 1. The van der Waals surface area contributed by atoms with Gasteiger partial charge in [0.1, 0.15) is 0 Å². The number of carbonyl (C=O) groups is 3. The third kappa shape index (κ3) is 6.35. The van der Waals surface area contributed by atoms with Crippen LogP contribution < -0.4 is 5.32 Å². The minimum atomic E-state index is -0.768. The predicted octanol–water partition coefficient (Wildman–Crippen LogP) is 3.16. The van der Waals surface area contributed by atoms with E-state index in [-0.39, 0.29) is 24.3 Å². The van der Waals surface area contributed by atoms with Gasteiger partial charge in [-0.15, -0.1) is 0 Å². The lowest BCUT2D eigenvalue weighted by molar-refractivity contribution is -0.172. The zero-order valence-electron chi connectivity index (χ0n) is 21.2. The molecule has 0 saturated carbocycles. The maximum absolute atomic E-state index is 13.1. The summed E-state index contributed by atoms with van der Waals surface area (Å²) in [6.07, 6.45) is 4.96. The number of benzene rings is 2. The minimum Gasteiger partial charge on any atom is -0.434 e. The van der Waals surface area contributed by atoms with Crippen LogP contribution in [0.5, 0.6) is 0 Å². The number of likely N-dealkylation sites (tertiary alicyclic amines) is 1. The quantitative estimate of drug-likeness (QED) is 0.314. The molecule has 5 rings (SSSR count). The molecule has 0 aliphatic carbocycles. The van der Waals surface area contributed by atoms with Gasteiger partial charge in [0, 0.05) is 11.9 Å². The van der Waals surface area contributed by atoms with Crippen molar-refractivity contribution in [2.24, 2.45) is 0 Å². The lowest BCUT2D eigenvalue weighted by Crippen LogP contribution is -2.51. The van der Waals surface area contributed by atoms with Crippen LogP contribution >= 0.6 is 0 Å². The monoisotopic (exact) mass is 516 g/mol. The Balaban J connectivity index is 1.15. The van der Waals surface area contributed by atoms with Crippen molar-refractivity contribution in [2.75, 3.05) is 6.54 Å². The van der Waals surface area contributed by atoms with Crippen molar-refractivity contribution < 1.29 is 23.9 Å². The molecule has 2 aromatic carbocycles. The van der Waals surface area contributed by atoms with Crippen molar-refractivity contribution in [2.45, 2.75) is 63.5 Å². The summed E-state index contributed by atoms with van der Waals surface area (Å²) < 4.78 is 11.4. The third-order valence-corrected chi connectivity index (χ3v) is 7.05. The van der Waals surface area contributed by atoms with E-state index in [9.17, 15) is 14.4 Å². The number of aromatic nitrogens is 2. The lowest BCUT2D eigenvalue weighted by Gasteiger charge is -2.31. The number of nitrogens with zero attached hydrogens (tertiary/aromatic N) is 2. The molecule has 3 heterocycles. The molecule has 2 unspecified atom stereocenters. The molecule has 0 radical (unpaired) electrons. The first-order valence-corrected chi connectivity index (χ1v) is 13.1. The van der Waals surface area contributed by atoms with Gasteiger partial charge in [0.15, 0.2) is 5.82 Å². The smallest absolute Gasteiger partial charge is 0.309 e. The fourth-order valence-corrected chi connectivity index (χ4v) is 5.15. The van der Waals surface area contributed by atoms with Gasteiger partial charge in [0.05, 0.1) is 25.1 Å². The van der Waals surface area contributed by atoms with Crippen molar-refractivity contribution in [3.05, 3.63) is 89.5 Å². The largest absolute Gasteiger partial charge is 0.434 e. The number of amides is 2. The number of ether oxygens (including phenoxy) is 2. The zero-order valence-corrected chi connectivity index (χ0v) is 21.2. The van der Waals surface area contributed by atoms with Gasteiger partial charge >= 0.3 is 5.97 Å². The molecule has 0 bridgehead atoms. The van der Waals surface area contributed by atoms with Gasteiger partial charge in [-0.3, -0.25) is 24.6 Å². The number of H-pyrrole nitrogens is 1. The van der Waals surface area contributed by atoms with Crippen LogP contribution in [0.2, 0.25) is 0 Å². The zero-order chi connectivity index (χ0) is 26.3. The SMILES string of the molecule is O=C1CC(N2CCC[C@H]2C(=O)NC(=O)c2ncc(CCCc3ccccc3)[nH]2)C(OCc2ccccc2)O1. The van der Waals surface area contributed by atoms with Crippen LogP contribution in [0.4, 0.5) is 0 Å². The standard InChI is InChI=1S/C29H32N4O5/c34-25-17-24(29(38-25)37-19-21-11-5-2-6-12-21)33-16-8-15-23(33)27(35)32-28(36)26-30-18-22(31-26)14-7-13-20-9-3-1-4-10-20/h1-6,9-12,18,23-24,29H,7-8,13-17,19H2,(H,30,31)(H,32,35,36)/t23-,24?,29?/m0/s1. The van der Waals surface area contributed by atoms with E-state index in [0.29, 0.717) is 19.6 Å². The molecule has 2 amide bonds. The number of hydrogen-bond acceptors (Lipinski definition) is 7. The molecule has 198 valence electrons. The van der Waals surface area contributed by atoms with Gasteiger partial charge in [-0.2, -0.15) is 0 Å². The first-order valence-electron chi connectivity index (χ1n) is 13.1. The van der Waals surface area contributed by atoms with Crippen molar-refractivity contribution in [3.63, 3.8) is 0 Å². The molecule has 38 heavy (non-hydrogen) atoms. The maximum Gasteiger partial charge on any atom is 0.309 e. The van der Waals surface area contributed by atoms with Gasteiger partial charge in [0.25, 0.3) is 5.91 Å². The molecule has 2 saturated heterocycles. The van der Waals surface area contributed by atoms with E-state index in [2.05, 4.69) is 27.4 Å². The second-order valence-corrected chi connectivity index (χ2v) is 9.74. The van der Waals surface area contributed by atoms with Crippen LogP contribution in [0.1, 0.15) is 53.1 Å². The Morgan fingerprint density at radius 1 is 1.05 bits per heavy atom. The van der Waals surface area contributed by atoms with Crippen LogP contribution in [0.25, 0.3) is 0 Å². The van der Waals surface area contributed by atoms with E-state index in [1.807, 2.05) is 53.4 Å². The number of nitrogens with one attached hydrogen (secondary N) is 2. The molecule has 2 N–H and O–H groups in total. The van der Waals surface area contributed by atoms with Gasteiger partial charge < -0.3 is 14.5 Å². The fourth-order valence-electron chi connectivity index (χ4n) is 5.15. The molecule has 2 fully saturated rings. The summed E-state index contributed by atoms with van der Waals surface area (Å²) in [5, 5.41) is 2.49. The van der Waals surface area contributed by atoms with E-state index in [4.69, 9.17) is 9.47 Å². The third-order valence-electron chi connectivity index (χ3n) is 7.05. The normalized spacial score (nSPS) is 21.4. The van der Waals surface area contributed by atoms with Crippen molar-refractivity contribution in [3.8, 4) is 0 Å². The Kier molecular flexibility index (Phi) is 8.25. The molecule has 2 aliphatic rings. The van der Waals surface area contributed by atoms with Crippen LogP contribution in [0.15, 0.2) is 66.9 Å². The number of esters is 1. The molecule has 1 aromatic heterocycles. The number of rotatable bonds is 10. The van der Waals surface area contributed by atoms with Crippen LogP contribution in [-0.2, 0) is 38.5 Å². The molecular formula is C29H32N4O5. The van der Waals surface area contributed by atoms with Crippen molar-refractivity contribution >= 4 is 17.8 Å². The second kappa shape index (κ2) is 12.1. The maximum atomic E-state index is 13.1. The average molecular weight is 517 g/mol. The summed E-state index contributed by atoms with van der Waals surface area (Å²) in [7, 11) is 0. The number of aryl methyl sites for hydroxylation is 2. The Bertz CT molecular complexity index is 1250. The molecule has 2 aliphatic heterocycles. The number of imide groups is 1. The number of carbonyl (C=O) groups excluding carboxylic acids is 3. The van der Waals surface area contributed by atoms with Crippen molar-refractivity contribution in [1.29, 1.82) is 0 Å². The van der Waals surface area contributed by atoms with Crippen LogP contribution in [0, 0.1) is 0 Å². The Labute approximate surface area is 221 Å². The lowest BCUT2D eigenvalue weighted by atomic mass is 10.1. The minimum absolute atomic E-state index is 0.112. The first-order chi connectivity index (χ1) is 18.6. The Morgan fingerprint density at radius 2 is 1.79 bits per heavy atom. The number of imidazole rings is 1. The Hall–Kier alpha value is -3.82. The molecule has 0 spiro atoms. The van der Waals surface area contributed by atoms with Crippen LogP contribution in [-0.4, -0.2) is 57.6 Å². The highest BCUT2D eigenvalue weighted by Crippen LogP contribution is 2.30. The van der Waals surface area contributed by atoms with Crippen LogP contribution in [0.3, 0.4) is 0 Å². The topological polar surface area (TPSA) is 114 Å². The van der Waals surface area contributed by atoms with Crippen molar-refractivity contribution in [1.82, 2.24) is 20.2 Å². The Morgan fingerprint density at radius 3 is 2.55 bits per heavy atom. The second-order valence-electron chi connectivity index (χ2n) is 9.74. The molecular weight excluding hydrogens is 484 g/mol. The molecule has 3 atom stereocenters. The highest BCUT2D eigenvalue weighted by molar-refractivity contribution is 6.04. The molecule has 3 aromatic rings. The number of hydrogen-bond donors (Lipinski definition) is 2. The number of aromatic amines is 1. The van der Waals surface area contributed by atoms with E-state index >= 15 is 0 Å². The average Bonchev–Trinajstić information content (AvgIpc) is 3.68. The predicted molar refractivity (Wildman–Crippen MR) is 139 cm³/mol. The van der Waals surface area contributed by atoms with Gasteiger partial charge in [-0.05, 0) is 49.8 Å². The molecule has 9 heteroatoms. The summed E-state index contributed by atoms with van der Waals surface area (Å²) in [5.74, 6) is -1.21. The van der Waals surface area contributed by atoms with E-state index in [0.717, 1.165) is 36.9 Å². The van der Waals surface area contributed by atoms with E-state index in [1.165, 1.54) is 5.56 Å². The van der Waals surface area contributed by atoms with Gasteiger partial charge in [-0.25, -0.2) is 4.98 Å². The summed E-state index contributed by atoms with van der Waals surface area (Å²) in [6.45, 7) is 0.912. The summed E-state index contributed by atoms with van der Waals surface area (Å²) in [6, 6.07) is 18.9. The van der Waals surface area contributed by atoms with E-state index in [1.54, 1.807) is 6.20 Å². The highest BCUT2D eigenvalue weighted by Gasteiger charge is 2.46.